The van der Waals surface area contributed by atoms with E-state index in [1.807, 2.05) is 50.0 Å². The first kappa shape index (κ1) is 22.0. The fourth-order valence-corrected chi connectivity index (χ4v) is 4.04. The molecule has 27 heavy (non-hydrogen) atoms. The second kappa shape index (κ2) is 10.9. The third kappa shape index (κ3) is 6.36. The number of thioether (sulfide) groups is 1. The number of fused-ring (bicyclic) bond motifs is 1. The zero-order valence-electron chi connectivity index (χ0n) is 15.3. The summed E-state index contributed by atoms with van der Waals surface area (Å²) in [4.78, 5) is 2.17. The van der Waals surface area contributed by atoms with Gasteiger partial charge in [0.15, 0.2) is 0 Å². The highest BCUT2D eigenvalue weighted by atomic mass is 35.5. The van der Waals surface area contributed by atoms with Gasteiger partial charge in [0.25, 0.3) is 0 Å². The Balaban J connectivity index is 0.00000126. The minimum atomic E-state index is -0.0575. The molecule has 0 aliphatic heterocycles. The van der Waals surface area contributed by atoms with E-state index in [4.69, 9.17) is 11.6 Å². The SMILES string of the molecule is C=C(O)C(C)Sc1cc(NSc2ccc(Cl)cc2)c2ccccc2c1.CP. The van der Waals surface area contributed by atoms with Gasteiger partial charge in [-0.2, -0.15) is 0 Å². The maximum Gasteiger partial charge on any atom is 0.0981 e. The van der Waals surface area contributed by atoms with E-state index < -0.39 is 0 Å². The van der Waals surface area contributed by atoms with Crippen LogP contribution in [0.15, 0.2) is 82.8 Å². The van der Waals surface area contributed by atoms with Crippen molar-refractivity contribution in [2.45, 2.75) is 22.0 Å². The van der Waals surface area contributed by atoms with Gasteiger partial charge in [0.05, 0.1) is 16.7 Å². The second-order valence-electron chi connectivity index (χ2n) is 5.60. The summed E-state index contributed by atoms with van der Waals surface area (Å²) in [7, 11) is 2.42. The molecule has 0 aliphatic carbocycles. The first-order chi connectivity index (χ1) is 13.0. The molecule has 6 heteroatoms. The van der Waals surface area contributed by atoms with Gasteiger partial charge in [0, 0.05) is 20.2 Å². The molecule has 0 saturated heterocycles. The molecule has 0 bridgehead atoms. The van der Waals surface area contributed by atoms with Crippen LogP contribution in [-0.4, -0.2) is 17.0 Å². The third-order valence-corrected chi connectivity index (χ3v) is 5.93. The van der Waals surface area contributed by atoms with E-state index >= 15 is 0 Å². The van der Waals surface area contributed by atoms with Crippen LogP contribution in [0, 0.1) is 0 Å². The topological polar surface area (TPSA) is 32.3 Å². The number of nitrogens with one attached hydrogen (secondary N) is 1. The number of rotatable bonds is 6. The van der Waals surface area contributed by atoms with Gasteiger partial charge in [0.1, 0.15) is 0 Å². The zero-order valence-corrected chi connectivity index (χ0v) is 18.8. The molecule has 0 heterocycles. The highest BCUT2D eigenvalue weighted by Crippen LogP contribution is 2.35. The normalized spacial score (nSPS) is 11.4. The fraction of sp³-hybridized carbons (Fsp3) is 0.143. The molecule has 142 valence electrons. The lowest BCUT2D eigenvalue weighted by Gasteiger charge is -2.14. The van der Waals surface area contributed by atoms with Crippen molar-refractivity contribution in [3.8, 4) is 0 Å². The van der Waals surface area contributed by atoms with E-state index in [0.29, 0.717) is 0 Å². The Morgan fingerprint density at radius 1 is 1.07 bits per heavy atom. The number of benzene rings is 3. The minimum absolute atomic E-state index is 0.0575. The Labute approximate surface area is 177 Å². The van der Waals surface area contributed by atoms with Crippen LogP contribution in [0.4, 0.5) is 5.69 Å². The standard InChI is InChI=1S/C20H18ClNOS2.CH5P/c1-13(23)14(2)24-18-11-15-5-3-4-6-19(15)20(12-18)22-25-17-9-7-16(21)8-10-17;1-2/h3-12,14,22-23H,1H2,2H3;2H2,1H3. The third-order valence-electron chi connectivity index (χ3n) is 3.71. The van der Waals surface area contributed by atoms with Crippen LogP contribution in [0.5, 0.6) is 0 Å². The molecule has 0 aromatic heterocycles. The average Bonchev–Trinajstić information content (AvgIpc) is 2.68. The molecular weight excluding hydrogens is 413 g/mol. The first-order valence-electron chi connectivity index (χ1n) is 8.36. The summed E-state index contributed by atoms with van der Waals surface area (Å²) < 4.78 is 3.44. The molecule has 2 nitrogen and oxygen atoms in total. The summed E-state index contributed by atoms with van der Waals surface area (Å²) in [6.07, 6.45) is 0. The van der Waals surface area contributed by atoms with E-state index in [1.165, 1.54) is 0 Å². The van der Waals surface area contributed by atoms with Gasteiger partial charge in [-0.15, -0.1) is 21.0 Å². The summed E-state index contributed by atoms with van der Waals surface area (Å²) in [5.74, 6) is 0.184. The van der Waals surface area contributed by atoms with Crippen LogP contribution >= 0.6 is 44.6 Å². The Morgan fingerprint density at radius 3 is 2.41 bits per heavy atom. The van der Waals surface area contributed by atoms with Crippen molar-refractivity contribution >= 4 is 61.0 Å². The number of anilines is 1. The molecular formula is C21H23ClNOPS2. The van der Waals surface area contributed by atoms with Crippen molar-refractivity contribution in [2.24, 2.45) is 0 Å². The van der Waals surface area contributed by atoms with E-state index in [0.717, 1.165) is 31.3 Å². The number of hydrogen-bond donors (Lipinski definition) is 2. The number of hydrogen-bond acceptors (Lipinski definition) is 4. The molecule has 2 N–H and O–H groups in total. The maximum absolute atomic E-state index is 9.59. The van der Waals surface area contributed by atoms with Gasteiger partial charge in [-0.25, -0.2) is 0 Å². The van der Waals surface area contributed by atoms with Crippen LogP contribution in [0.1, 0.15) is 6.92 Å². The van der Waals surface area contributed by atoms with Crippen molar-refractivity contribution in [3.05, 3.63) is 78.0 Å². The average molecular weight is 436 g/mol. The predicted octanol–water partition coefficient (Wildman–Crippen LogP) is 7.66. The summed E-state index contributed by atoms with van der Waals surface area (Å²) in [5, 5.41) is 12.6. The van der Waals surface area contributed by atoms with Crippen LogP contribution in [0.3, 0.4) is 0 Å². The largest absolute Gasteiger partial charge is 0.512 e. The lowest BCUT2D eigenvalue weighted by atomic mass is 10.1. The van der Waals surface area contributed by atoms with E-state index in [-0.39, 0.29) is 11.0 Å². The quantitative estimate of drug-likeness (QED) is 0.180. The zero-order chi connectivity index (χ0) is 19.8. The van der Waals surface area contributed by atoms with E-state index in [9.17, 15) is 5.11 Å². The van der Waals surface area contributed by atoms with Crippen LogP contribution < -0.4 is 4.72 Å². The molecule has 0 fully saturated rings. The molecule has 0 aliphatic rings. The lowest BCUT2D eigenvalue weighted by Crippen LogP contribution is -1.98. The highest BCUT2D eigenvalue weighted by molar-refractivity contribution is 8.00. The lowest BCUT2D eigenvalue weighted by molar-refractivity contribution is 0.401. The number of halogens is 1. The van der Waals surface area contributed by atoms with Gasteiger partial charge in [-0.1, -0.05) is 49.1 Å². The molecule has 0 amide bonds. The van der Waals surface area contributed by atoms with Gasteiger partial charge >= 0.3 is 0 Å². The van der Waals surface area contributed by atoms with Crippen molar-refractivity contribution < 1.29 is 5.11 Å². The number of aliphatic hydroxyl groups excluding tert-OH is 1. The van der Waals surface area contributed by atoms with Gasteiger partial charge in [0.2, 0.25) is 0 Å². The second-order valence-corrected chi connectivity index (χ2v) is 8.33. The Kier molecular flexibility index (Phi) is 8.85. The van der Waals surface area contributed by atoms with Gasteiger partial charge in [-0.3, -0.25) is 0 Å². The predicted molar refractivity (Wildman–Crippen MR) is 128 cm³/mol. The van der Waals surface area contributed by atoms with E-state index in [1.54, 1.807) is 23.7 Å². The van der Waals surface area contributed by atoms with Crippen LogP contribution in [0.2, 0.25) is 5.02 Å². The van der Waals surface area contributed by atoms with Crippen molar-refractivity contribution in [3.63, 3.8) is 0 Å². The monoisotopic (exact) mass is 435 g/mol. The summed E-state index contributed by atoms with van der Waals surface area (Å²) in [5.41, 5.74) is 1.04. The van der Waals surface area contributed by atoms with Crippen LogP contribution in [-0.2, 0) is 0 Å². The Bertz CT molecular complexity index is 902. The van der Waals surface area contributed by atoms with E-state index in [2.05, 4.69) is 44.8 Å². The summed E-state index contributed by atoms with van der Waals surface area (Å²) in [6.45, 7) is 7.48. The molecule has 3 aromatic rings. The summed E-state index contributed by atoms with van der Waals surface area (Å²) >= 11 is 9.08. The Morgan fingerprint density at radius 2 is 1.74 bits per heavy atom. The number of aliphatic hydroxyl groups is 1. The smallest absolute Gasteiger partial charge is 0.0981 e. The molecule has 0 radical (unpaired) electrons. The molecule has 3 aromatic carbocycles. The minimum Gasteiger partial charge on any atom is -0.512 e. The summed E-state index contributed by atoms with van der Waals surface area (Å²) in [6, 6.07) is 20.2. The molecule has 0 saturated carbocycles. The molecule has 0 spiro atoms. The maximum atomic E-state index is 9.59. The molecule has 3 rings (SSSR count). The van der Waals surface area contributed by atoms with Crippen molar-refractivity contribution in [1.29, 1.82) is 0 Å². The molecule has 2 unspecified atom stereocenters. The Hall–Kier alpha value is -1.32. The van der Waals surface area contributed by atoms with Crippen molar-refractivity contribution in [2.75, 3.05) is 11.4 Å². The van der Waals surface area contributed by atoms with Crippen molar-refractivity contribution in [1.82, 2.24) is 0 Å². The van der Waals surface area contributed by atoms with Crippen LogP contribution in [0.25, 0.3) is 10.8 Å². The molecule has 2 atom stereocenters. The highest BCUT2D eigenvalue weighted by Gasteiger charge is 2.10. The fourth-order valence-electron chi connectivity index (χ4n) is 2.32. The van der Waals surface area contributed by atoms with Gasteiger partial charge in [-0.05, 0) is 60.7 Å². The first-order valence-corrected chi connectivity index (χ1v) is 11.6. The van der Waals surface area contributed by atoms with Gasteiger partial charge < -0.3 is 9.83 Å².